The summed E-state index contributed by atoms with van der Waals surface area (Å²) in [7, 11) is 0. The second-order valence-electron chi connectivity index (χ2n) is 4.94. The predicted octanol–water partition coefficient (Wildman–Crippen LogP) is 3.63. The molecule has 24 heavy (non-hydrogen) atoms. The van der Waals surface area contributed by atoms with Crippen LogP contribution in [0.25, 0.3) is 0 Å². The first-order valence-electron chi connectivity index (χ1n) is 7.09. The molecule has 0 fully saturated rings. The predicted molar refractivity (Wildman–Crippen MR) is 88.5 cm³/mol. The highest BCUT2D eigenvalue weighted by atomic mass is 32.1. The van der Waals surface area contributed by atoms with Gasteiger partial charge in [0.05, 0.1) is 16.4 Å². The number of nitrogens with two attached hydrogens (primary N) is 1. The monoisotopic (exact) mass is 358 g/mol. The first kappa shape index (κ1) is 18.1. The average molecular weight is 358 g/mol. The first-order chi connectivity index (χ1) is 11.2. The maximum atomic E-state index is 12.4. The molecular formula is C15H17F3N4OS. The number of aromatic nitrogens is 1. The quantitative estimate of drug-likeness (QED) is 0.632. The number of nitrogens with one attached hydrogen (secondary N) is 1. The summed E-state index contributed by atoms with van der Waals surface area (Å²) in [6, 6.07) is 5.63. The molecule has 0 spiro atoms. The Labute approximate surface area is 141 Å². The van der Waals surface area contributed by atoms with Gasteiger partial charge in [0.1, 0.15) is 0 Å². The van der Waals surface area contributed by atoms with Crippen LogP contribution in [0.15, 0.2) is 29.3 Å². The molecule has 2 rings (SSSR count). The standard InChI is InChI=1S/C15H17F3N4OS/c1-9-10(2)24-13(21-9)7-8-20-14(19)22-11-5-3-4-6-12(11)23-15(16,17)18/h3-6H,7-8H2,1-2H3,(H3,19,20,22). The third-order valence-electron chi connectivity index (χ3n) is 3.06. The van der Waals surface area contributed by atoms with Crippen LogP contribution in [-0.2, 0) is 6.42 Å². The zero-order valence-corrected chi connectivity index (χ0v) is 14.0. The molecule has 0 aliphatic heterocycles. The van der Waals surface area contributed by atoms with Crippen molar-refractivity contribution in [3.63, 3.8) is 0 Å². The molecule has 1 aromatic carbocycles. The van der Waals surface area contributed by atoms with Crippen molar-refractivity contribution in [2.75, 3.05) is 11.9 Å². The van der Waals surface area contributed by atoms with E-state index >= 15 is 0 Å². The van der Waals surface area contributed by atoms with E-state index in [9.17, 15) is 13.2 Å². The Morgan fingerprint density at radius 2 is 2.04 bits per heavy atom. The molecule has 0 aliphatic rings. The second-order valence-corrected chi connectivity index (χ2v) is 6.22. The number of rotatable bonds is 5. The zero-order chi connectivity index (χ0) is 17.7. The van der Waals surface area contributed by atoms with Crippen LogP contribution in [0.4, 0.5) is 18.9 Å². The Morgan fingerprint density at radius 1 is 1.33 bits per heavy atom. The van der Waals surface area contributed by atoms with Crippen molar-refractivity contribution in [2.24, 2.45) is 10.7 Å². The molecule has 0 radical (unpaired) electrons. The number of hydrogen-bond donors (Lipinski definition) is 2. The minimum Gasteiger partial charge on any atom is -0.404 e. The van der Waals surface area contributed by atoms with Crippen molar-refractivity contribution in [1.29, 1.82) is 0 Å². The number of anilines is 1. The largest absolute Gasteiger partial charge is 0.573 e. The lowest BCUT2D eigenvalue weighted by Crippen LogP contribution is -2.24. The third kappa shape index (κ3) is 5.41. The number of ether oxygens (including phenoxy) is 1. The van der Waals surface area contributed by atoms with E-state index in [0.717, 1.165) is 15.6 Å². The average Bonchev–Trinajstić information content (AvgIpc) is 2.78. The van der Waals surface area contributed by atoms with Gasteiger partial charge < -0.3 is 15.8 Å². The van der Waals surface area contributed by atoms with Gasteiger partial charge in [0.25, 0.3) is 0 Å². The van der Waals surface area contributed by atoms with Gasteiger partial charge in [-0.2, -0.15) is 0 Å². The van der Waals surface area contributed by atoms with E-state index in [-0.39, 0.29) is 17.4 Å². The topological polar surface area (TPSA) is 72.5 Å². The van der Waals surface area contributed by atoms with Crippen LogP contribution in [0, 0.1) is 13.8 Å². The Bertz CT molecular complexity index is 708. The van der Waals surface area contributed by atoms with E-state index in [1.807, 2.05) is 13.8 Å². The van der Waals surface area contributed by atoms with Crippen LogP contribution in [0.5, 0.6) is 5.75 Å². The third-order valence-corrected chi connectivity index (χ3v) is 4.19. The fraction of sp³-hybridized carbons (Fsp3) is 0.333. The molecule has 0 saturated heterocycles. The van der Waals surface area contributed by atoms with Crippen LogP contribution >= 0.6 is 11.3 Å². The normalized spacial score (nSPS) is 12.3. The molecule has 9 heteroatoms. The zero-order valence-electron chi connectivity index (χ0n) is 13.1. The molecular weight excluding hydrogens is 341 g/mol. The molecule has 1 heterocycles. The first-order valence-corrected chi connectivity index (χ1v) is 7.91. The molecule has 2 aromatic rings. The molecule has 0 unspecified atom stereocenters. The van der Waals surface area contributed by atoms with Crippen LogP contribution in [0.2, 0.25) is 0 Å². The number of guanidine groups is 1. The SMILES string of the molecule is Cc1nc(CCN=C(N)Nc2ccccc2OC(F)(F)F)sc1C. The summed E-state index contributed by atoms with van der Waals surface area (Å²) in [6.45, 7) is 4.31. The van der Waals surface area contributed by atoms with Gasteiger partial charge in [-0.05, 0) is 26.0 Å². The van der Waals surface area contributed by atoms with E-state index in [2.05, 4.69) is 20.0 Å². The van der Waals surface area contributed by atoms with E-state index in [4.69, 9.17) is 5.73 Å². The van der Waals surface area contributed by atoms with Crippen LogP contribution < -0.4 is 15.8 Å². The van der Waals surface area contributed by atoms with E-state index in [0.29, 0.717) is 13.0 Å². The minimum atomic E-state index is -4.77. The Hall–Kier alpha value is -2.29. The molecule has 1 aromatic heterocycles. The number of thiazole rings is 1. The summed E-state index contributed by atoms with van der Waals surface area (Å²) in [6.07, 6.45) is -4.16. The second kappa shape index (κ2) is 7.52. The molecule has 0 bridgehead atoms. The lowest BCUT2D eigenvalue weighted by molar-refractivity contribution is -0.274. The Morgan fingerprint density at radius 3 is 2.67 bits per heavy atom. The molecule has 5 nitrogen and oxygen atoms in total. The summed E-state index contributed by atoms with van der Waals surface area (Å²) in [4.78, 5) is 9.64. The van der Waals surface area contributed by atoms with Gasteiger partial charge in [-0.1, -0.05) is 12.1 Å². The summed E-state index contributed by atoms with van der Waals surface area (Å²) < 4.78 is 41.0. The fourth-order valence-corrected chi connectivity index (χ4v) is 2.80. The highest BCUT2D eigenvalue weighted by Crippen LogP contribution is 2.29. The number of para-hydroxylation sites is 2. The lowest BCUT2D eigenvalue weighted by atomic mass is 10.3. The van der Waals surface area contributed by atoms with Crippen molar-refractivity contribution >= 4 is 23.0 Å². The van der Waals surface area contributed by atoms with E-state index < -0.39 is 6.36 Å². The Kier molecular flexibility index (Phi) is 5.66. The molecule has 0 aliphatic carbocycles. The van der Waals surface area contributed by atoms with Crippen molar-refractivity contribution in [3.8, 4) is 5.75 Å². The number of hydrogen-bond acceptors (Lipinski definition) is 4. The smallest absolute Gasteiger partial charge is 0.404 e. The van der Waals surface area contributed by atoms with Crippen molar-refractivity contribution in [1.82, 2.24) is 4.98 Å². The van der Waals surface area contributed by atoms with Gasteiger partial charge in [-0.3, -0.25) is 4.99 Å². The maximum Gasteiger partial charge on any atom is 0.573 e. The number of aryl methyl sites for hydroxylation is 2. The van der Waals surface area contributed by atoms with Crippen LogP contribution in [0.3, 0.4) is 0 Å². The summed E-state index contributed by atoms with van der Waals surface area (Å²) in [5.41, 5.74) is 6.81. The summed E-state index contributed by atoms with van der Waals surface area (Å²) >= 11 is 1.59. The molecule has 130 valence electrons. The number of alkyl halides is 3. The summed E-state index contributed by atoms with van der Waals surface area (Å²) in [5.74, 6) is -0.354. The number of nitrogens with zero attached hydrogens (tertiary/aromatic N) is 2. The Balaban J connectivity index is 1.97. The van der Waals surface area contributed by atoms with Crippen molar-refractivity contribution < 1.29 is 17.9 Å². The number of halogens is 3. The van der Waals surface area contributed by atoms with E-state index in [1.54, 1.807) is 17.4 Å². The molecule has 0 atom stereocenters. The minimum absolute atomic E-state index is 0.0122. The van der Waals surface area contributed by atoms with Crippen LogP contribution in [-0.4, -0.2) is 23.9 Å². The van der Waals surface area contributed by atoms with E-state index in [1.165, 1.54) is 18.2 Å². The van der Waals surface area contributed by atoms with Gasteiger partial charge in [0, 0.05) is 17.8 Å². The molecule has 0 amide bonds. The highest BCUT2D eigenvalue weighted by molar-refractivity contribution is 7.11. The van der Waals surface area contributed by atoms with Gasteiger partial charge in [-0.25, -0.2) is 4.98 Å². The van der Waals surface area contributed by atoms with Gasteiger partial charge in [-0.15, -0.1) is 24.5 Å². The van der Waals surface area contributed by atoms with Gasteiger partial charge in [0.2, 0.25) is 0 Å². The molecule has 3 N–H and O–H groups in total. The van der Waals surface area contributed by atoms with Crippen LogP contribution in [0.1, 0.15) is 15.6 Å². The lowest BCUT2D eigenvalue weighted by Gasteiger charge is -2.14. The van der Waals surface area contributed by atoms with Gasteiger partial charge in [0.15, 0.2) is 11.7 Å². The maximum absolute atomic E-state index is 12.4. The van der Waals surface area contributed by atoms with Crippen molar-refractivity contribution in [3.05, 3.63) is 39.8 Å². The summed E-state index contributed by atoms with van der Waals surface area (Å²) in [5, 5.41) is 3.57. The fourth-order valence-electron chi connectivity index (χ4n) is 1.88. The van der Waals surface area contributed by atoms with Gasteiger partial charge >= 0.3 is 6.36 Å². The number of aliphatic imine (C=N–C) groups is 1. The highest BCUT2D eigenvalue weighted by Gasteiger charge is 2.32. The molecule has 0 saturated carbocycles. The van der Waals surface area contributed by atoms with Crippen molar-refractivity contribution in [2.45, 2.75) is 26.6 Å². The number of benzene rings is 1.